The number of hydrogen-bond acceptors (Lipinski definition) is 4. The number of nitrogens with one attached hydrogen (secondary N) is 2. The number of nitrogens with zero attached hydrogens (tertiary/aromatic N) is 4. The van der Waals surface area contributed by atoms with E-state index in [1.54, 1.807) is 13.3 Å². The average molecular weight is 418 g/mol. The van der Waals surface area contributed by atoms with Crippen LogP contribution in [0.15, 0.2) is 27.9 Å². The zero-order valence-electron chi connectivity index (χ0n) is 13.2. The molecule has 2 aromatic rings. The van der Waals surface area contributed by atoms with Gasteiger partial charge in [-0.25, -0.2) is 0 Å². The van der Waals surface area contributed by atoms with Crippen LogP contribution in [0.3, 0.4) is 0 Å². The molecule has 8 heteroatoms. The molecule has 2 rings (SSSR count). The van der Waals surface area contributed by atoms with Crippen LogP contribution in [0.1, 0.15) is 23.5 Å². The quantitative estimate of drug-likeness (QED) is 0.324. The van der Waals surface area contributed by atoms with Crippen LogP contribution in [0.2, 0.25) is 0 Å². The van der Waals surface area contributed by atoms with Gasteiger partial charge in [-0.05, 0) is 26.3 Å². The molecule has 0 saturated carbocycles. The van der Waals surface area contributed by atoms with Crippen molar-refractivity contribution in [3.63, 3.8) is 0 Å². The van der Waals surface area contributed by atoms with E-state index in [1.807, 2.05) is 17.7 Å². The van der Waals surface area contributed by atoms with Gasteiger partial charge in [-0.1, -0.05) is 5.16 Å². The van der Waals surface area contributed by atoms with Crippen LogP contribution in [0.4, 0.5) is 0 Å². The molecule has 0 saturated heterocycles. The molecule has 0 radical (unpaired) electrons. The first-order valence-electron chi connectivity index (χ1n) is 7.04. The van der Waals surface area contributed by atoms with E-state index in [0.29, 0.717) is 6.54 Å². The van der Waals surface area contributed by atoms with Crippen molar-refractivity contribution < 1.29 is 4.52 Å². The van der Waals surface area contributed by atoms with Gasteiger partial charge in [0.05, 0.1) is 12.2 Å². The topological polar surface area (TPSA) is 80.3 Å². The summed E-state index contributed by atoms with van der Waals surface area (Å²) in [7, 11) is 1.75. The maximum Gasteiger partial charge on any atom is 0.191 e. The van der Waals surface area contributed by atoms with Crippen LogP contribution in [0.25, 0.3) is 0 Å². The van der Waals surface area contributed by atoms with Crippen molar-refractivity contribution in [2.45, 2.75) is 33.4 Å². The zero-order chi connectivity index (χ0) is 15.1. The third kappa shape index (κ3) is 5.66. The summed E-state index contributed by atoms with van der Waals surface area (Å²) in [4.78, 5) is 4.17. The first-order valence-corrected chi connectivity index (χ1v) is 7.04. The van der Waals surface area contributed by atoms with Crippen molar-refractivity contribution in [3.05, 3.63) is 35.5 Å². The summed E-state index contributed by atoms with van der Waals surface area (Å²) in [6, 6.07) is 3.91. The maximum absolute atomic E-state index is 4.78. The smallest absolute Gasteiger partial charge is 0.191 e. The molecule has 0 fully saturated rings. The van der Waals surface area contributed by atoms with Gasteiger partial charge in [-0.3, -0.25) is 9.67 Å². The lowest BCUT2D eigenvalue weighted by Crippen LogP contribution is -2.37. The Bertz CT molecular complexity index is 578. The summed E-state index contributed by atoms with van der Waals surface area (Å²) < 4.78 is 6.81. The number of halogens is 1. The Morgan fingerprint density at radius 1 is 1.36 bits per heavy atom. The molecule has 0 amide bonds. The van der Waals surface area contributed by atoms with E-state index in [0.717, 1.165) is 36.9 Å². The second-order valence-corrected chi connectivity index (χ2v) is 4.85. The Labute approximate surface area is 147 Å². The minimum atomic E-state index is 0. The third-order valence-electron chi connectivity index (χ3n) is 3.09. The lowest BCUT2D eigenvalue weighted by atomic mass is 10.4. The predicted octanol–water partition coefficient (Wildman–Crippen LogP) is 1.86. The number of aryl methyl sites for hydroxylation is 3. The van der Waals surface area contributed by atoms with Gasteiger partial charge in [0.15, 0.2) is 5.96 Å². The van der Waals surface area contributed by atoms with Crippen LogP contribution in [0, 0.1) is 13.8 Å². The van der Waals surface area contributed by atoms with E-state index in [-0.39, 0.29) is 24.0 Å². The molecule has 0 aliphatic carbocycles. The Morgan fingerprint density at radius 2 is 2.18 bits per heavy atom. The van der Waals surface area contributed by atoms with Crippen molar-refractivity contribution in [2.75, 3.05) is 13.6 Å². The molecule has 2 N–H and O–H groups in total. The number of aromatic nitrogens is 3. The molecular weight excluding hydrogens is 395 g/mol. The van der Waals surface area contributed by atoms with Crippen LogP contribution in [0.5, 0.6) is 0 Å². The van der Waals surface area contributed by atoms with Crippen LogP contribution in [-0.2, 0) is 13.1 Å². The first kappa shape index (κ1) is 18.5. The summed E-state index contributed by atoms with van der Waals surface area (Å²) in [6.07, 6.45) is 2.54. The van der Waals surface area contributed by atoms with Crippen LogP contribution < -0.4 is 10.6 Å². The second-order valence-electron chi connectivity index (χ2n) is 4.85. The molecule has 0 aliphatic heterocycles. The van der Waals surface area contributed by atoms with Gasteiger partial charge in [-0.15, -0.1) is 24.0 Å². The third-order valence-corrected chi connectivity index (χ3v) is 3.09. The van der Waals surface area contributed by atoms with Gasteiger partial charge in [0.25, 0.3) is 0 Å². The van der Waals surface area contributed by atoms with Gasteiger partial charge >= 0.3 is 0 Å². The fourth-order valence-corrected chi connectivity index (χ4v) is 2.06. The van der Waals surface area contributed by atoms with Crippen molar-refractivity contribution >= 4 is 29.9 Å². The molecule has 2 aromatic heterocycles. The van der Waals surface area contributed by atoms with E-state index >= 15 is 0 Å². The molecule has 122 valence electrons. The van der Waals surface area contributed by atoms with E-state index in [4.69, 9.17) is 4.52 Å². The molecular formula is C14H23IN6O. The molecule has 0 unspecified atom stereocenters. The lowest BCUT2D eigenvalue weighted by Gasteiger charge is -2.11. The molecule has 7 nitrogen and oxygen atoms in total. The largest absolute Gasteiger partial charge is 0.364 e. The lowest BCUT2D eigenvalue weighted by molar-refractivity contribution is 0.410. The summed E-state index contributed by atoms with van der Waals surface area (Å²) >= 11 is 0. The predicted molar refractivity (Wildman–Crippen MR) is 96.4 cm³/mol. The van der Waals surface area contributed by atoms with E-state index in [2.05, 4.69) is 38.9 Å². The monoisotopic (exact) mass is 418 g/mol. The Morgan fingerprint density at radius 3 is 2.77 bits per heavy atom. The van der Waals surface area contributed by atoms with E-state index in [1.165, 1.54) is 5.69 Å². The fourth-order valence-electron chi connectivity index (χ4n) is 2.06. The summed E-state index contributed by atoms with van der Waals surface area (Å²) in [6.45, 7) is 6.40. The SMILES string of the molecule is CN=C(NCCCn1nc(C)cc1C)NCc1ccon1.I. The van der Waals surface area contributed by atoms with E-state index in [9.17, 15) is 0 Å². The minimum Gasteiger partial charge on any atom is -0.364 e. The zero-order valence-corrected chi connectivity index (χ0v) is 15.5. The minimum absolute atomic E-state index is 0. The highest BCUT2D eigenvalue weighted by Crippen LogP contribution is 2.02. The van der Waals surface area contributed by atoms with Crippen molar-refractivity contribution in [2.24, 2.45) is 4.99 Å². The highest BCUT2D eigenvalue weighted by atomic mass is 127. The van der Waals surface area contributed by atoms with Gasteiger partial charge in [0.1, 0.15) is 12.0 Å². The second kappa shape index (κ2) is 9.44. The number of rotatable bonds is 6. The Balaban J connectivity index is 0.00000242. The number of aliphatic imine (C=N–C) groups is 1. The molecule has 0 aromatic carbocycles. The van der Waals surface area contributed by atoms with Crippen molar-refractivity contribution in [1.82, 2.24) is 25.6 Å². The Kier molecular flexibility index (Phi) is 7.92. The molecule has 0 spiro atoms. The first-order chi connectivity index (χ1) is 10.2. The van der Waals surface area contributed by atoms with Gasteiger partial charge in [-0.2, -0.15) is 5.10 Å². The normalized spacial score (nSPS) is 11.1. The maximum atomic E-state index is 4.78. The van der Waals surface area contributed by atoms with Gasteiger partial charge in [0, 0.05) is 31.9 Å². The Hall–Kier alpha value is -1.58. The van der Waals surface area contributed by atoms with E-state index < -0.39 is 0 Å². The van der Waals surface area contributed by atoms with Gasteiger partial charge in [0.2, 0.25) is 0 Å². The van der Waals surface area contributed by atoms with Crippen molar-refractivity contribution in [3.8, 4) is 0 Å². The van der Waals surface area contributed by atoms with Crippen molar-refractivity contribution in [1.29, 1.82) is 0 Å². The number of hydrogen-bond donors (Lipinski definition) is 2. The molecule has 22 heavy (non-hydrogen) atoms. The highest BCUT2D eigenvalue weighted by molar-refractivity contribution is 14.0. The summed E-state index contributed by atoms with van der Waals surface area (Å²) in [5, 5.41) is 14.7. The molecule has 0 atom stereocenters. The number of guanidine groups is 1. The molecule has 0 aliphatic rings. The highest BCUT2D eigenvalue weighted by Gasteiger charge is 2.02. The summed E-state index contributed by atoms with van der Waals surface area (Å²) in [5.41, 5.74) is 3.10. The summed E-state index contributed by atoms with van der Waals surface area (Å²) in [5.74, 6) is 0.756. The fraction of sp³-hybridized carbons (Fsp3) is 0.500. The van der Waals surface area contributed by atoms with Gasteiger partial charge < -0.3 is 15.2 Å². The molecule has 2 heterocycles. The average Bonchev–Trinajstić information content (AvgIpc) is 3.08. The molecule has 0 bridgehead atoms. The van der Waals surface area contributed by atoms with Crippen LogP contribution in [-0.4, -0.2) is 34.5 Å². The van der Waals surface area contributed by atoms with Crippen LogP contribution >= 0.6 is 24.0 Å². The standard InChI is InChI=1S/C14H22N6O.HI/c1-11-9-12(2)20(18-11)7-4-6-16-14(15-3)17-10-13-5-8-21-19-13;/h5,8-9H,4,6-7,10H2,1-3H3,(H2,15,16,17);1H.